The molecule has 0 heterocycles. The quantitative estimate of drug-likeness (QED) is 0.899. The number of aromatic carboxylic acids is 1. The summed E-state index contributed by atoms with van der Waals surface area (Å²) in [5.41, 5.74) is -0.0285. The molecule has 0 saturated heterocycles. The van der Waals surface area contributed by atoms with E-state index in [0.717, 1.165) is 6.07 Å². The van der Waals surface area contributed by atoms with Gasteiger partial charge in [0.25, 0.3) is 0 Å². The number of ether oxygens (including phenoxy) is 1. The lowest BCUT2D eigenvalue weighted by atomic mass is 10.2. The average Bonchev–Trinajstić information content (AvgIpc) is 2.32. The topological polar surface area (TPSA) is 46.5 Å². The van der Waals surface area contributed by atoms with Crippen molar-refractivity contribution in [2.45, 2.75) is 0 Å². The summed E-state index contributed by atoms with van der Waals surface area (Å²) < 4.78 is 18.3. The Morgan fingerprint density at radius 2 is 1.84 bits per heavy atom. The van der Waals surface area contributed by atoms with Gasteiger partial charge in [-0.25, -0.2) is 9.18 Å². The van der Waals surface area contributed by atoms with Crippen LogP contribution in [0.3, 0.4) is 0 Å². The highest BCUT2D eigenvalue weighted by Crippen LogP contribution is 2.31. The van der Waals surface area contributed by atoms with Crippen molar-refractivity contribution in [2.24, 2.45) is 0 Å². The van der Waals surface area contributed by atoms with Crippen LogP contribution in [0.1, 0.15) is 10.4 Å². The van der Waals surface area contributed by atoms with Gasteiger partial charge in [0.05, 0.1) is 15.6 Å². The summed E-state index contributed by atoms with van der Waals surface area (Å²) in [6.07, 6.45) is 0. The smallest absolute Gasteiger partial charge is 0.337 e. The summed E-state index contributed by atoms with van der Waals surface area (Å²) in [5, 5.41) is 8.99. The van der Waals surface area contributed by atoms with Crippen LogP contribution in [0.5, 0.6) is 11.5 Å². The molecule has 0 atom stereocenters. The molecule has 2 rings (SSSR count). The third kappa shape index (κ3) is 3.16. The summed E-state index contributed by atoms with van der Waals surface area (Å²) in [4.78, 5) is 10.8. The van der Waals surface area contributed by atoms with E-state index in [4.69, 9.17) is 33.0 Å². The number of hydrogen-bond acceptors (Lipinski definition) is 2. The molecule has 0 radical (unpaired) electrons. The number of carboxylic acids is 1. The van der Waals surface area contributed by atoms with Gasteiger partial charge in [0, 0.05) is 6.07 Å². The first kappa shape index (κ1) is 13.6. The van der Waals surface area contributed by atoms with E-state index in [1.807, 2.05) is 0 Å². The molecule has 0 fully saturated rings. The van der Waals surface area contributed by atoms with Crippen LogP contribution >= 0.6 is 23.2 Å². The normalized spacial score (nSPS) is 10.3. The molecule has 6 heteroatoms. The van der Waals surface area contributed by atoms with Crippen LogP contribution in [0.15, 0.2) is 36.4 Å². The molecular weight excluding hydrogens is 294 g/mol. The molecule has 0 amide bonds. The molecule has 0 aliphatic rings. The van der Waals surface area contributed by atoms with Crippen LogP contribution in [0.4, 0.5) is 4.39 Å². The van der Waals surface area contributed by atoms with E-state index in [-0.39, 0.29) is 21.4 Å². The van der Waals surface area contributed by atoms with E-state index in [2.05, 4.69) is 0 Å². The Balaban J connectivity index is 2.29. The van der Waals surface area contributed by atoms with E-state index in [9.17, 15) is 9.18 Å². The van der Waals surface area contributed by atoms with Gasteiger partial charge < -0.3 is 9.84 Å². The van der Waals surface area contributed by atoms with Crippen molar-refractivity contribution in [3.05, 3.63) is 57.8 Å². The summed E-state index contributed by atoms with van der Waals surface area (Å²) >= 11 is 11.6. The number of halogens is 3. The predicted molar refractivity (Wildman–Crippen MR) is 69.9 cm³/mol. The Kier molecular flexibility index (Phi) is 3.93. The van der Waals surface area contributed by atoms with Crippen molar-refractivity contribution in [3.63, 3.8) is 0 Å². The second-order valence-electron chi connectivity index (χ2n) is 3.62. The molecule has 98 valence electrons. The maximum Gasteiger partial charge on any atom is 0.337 e. The fourth-order valence-electron chi connectivity index (χ4n) is 1.42. The number of benzene rings is 2. The highest BCUT2D eigenvalue weighted by Gasteiger charge is 2.11. The Bertz CT molecular complexity index is 644. The molecule has 0 spiro atoms. The number of rotatable bonds is 3. The Morgan fingerprint density at radius 1 is 1.11 bits per heavy atom. The van der Waals surface area contributed by atoms with Crippen molar-refractivity contribution in [2.75, 3.05) is 0 Å². The van der Waals surface area contributed by atoms with Gasteiger partial charge in [-0.1, -0.05) is 23.2 Å². The van der Waals surface area contributed by atoms with Crippen molar-refractivity contribution in [3.8, 4) is 11.5 Å². The maximum absolute atomic E-state index is 12.9. The standard InChI is InChI=1S/C13H7Cl2FO3/c14-10-6-8(2-3-9(10)13(17)18)19-12-4-1-7(16)5-11(12)15/h1-6H,(H,17,18). The highest BCUT2D eigenvalue weighted by molar-refractivity contribution is 6.33. The van der Waals surface area contributed by atoms with Crippen LogP contribution in [-0.4, -0.2) is 11.1 Å². The zero-order chi connectivity index (χ0) is 14.0. The molecule has 0 aromatic heterocycles. The third-order valence-corrected chi connectivity index (χ3v) is 2.90. The van der Waals surface area contributed by atoms with Crippen molar-refractivity contribution in [1.82, 2.24) is 0 Å². The second-order valence-corrected chi connectivity index (χ2v) is 4.44. The first-order valence-corrected chi connectivity index (χ1v) is 5.88. The van der Waals surface area contributed by atoms with E-state index < -0.39 is 11.8 Å². The SMILES string of the molecule is O=C(O)c1ccc(Oc2ccc(F)cc2Cl)cc1Cl. The monoisotopic (exact) mass is 300 g/mol. The molecule has 2 aromatic carbocycles. The molecule has 1 N–H and O–H groups in total. The summed E-state index contributed by atoms with van der Waals surface area (Å²) in [7, 11) is 0. The van der Waals surface area contributed by atoms with Crippen LogP contribution in [0.2, 0.25) is 10.0 Å². The van der Waals surface area contributed by atoms with Gasteiger partial charge in [-0.3, -0.25) is 0 Å². The maximum atomic E-state index is 12.9. The first-order chi connectivity index (χ1) is 8.97. The van der Waals surface area contributed by atoms with Gasteiger partial charge in [0.2, 0.25) is 0 Å². The van der Waals surface area contributed by atoms with E-state index in [1.54, 1.807) is 0 Å². The first-order valence-electron chi connectivity index (χ1n) is 5.13. The van der Waals surface area contributed by atoms with Gasteiger partial charge in [-0.15, -0.1) is 0 Å². The van der Waals surface area contributed by atoms with E-state index >= 15 is 0 Å². The second kappa shape index (κ2) is 5.47. The molecule has 19 heavy (non-hydrogen) atoms. The summed E-state index contributed by atoms with van der Waals surface area (Å²) in [6, 6.07) is 7.80. The largest absolute Gasteiger partial charge is 0.478 e. The molecular formula is C13H7Cl2FO3. The fraction of sp³-hybridized carbons (Fsp3) is 0. The van der Waals surface area contributed by atoms with Crippen molar-refractivity contribution in [1.29, 1.82) is 0 Å². The number of carbonyl (C=O) groups is 1. The molecule has 3 nitrogen and oxygen atoms in total. The Labute approximate surface area is 118 Å². The van der Waals surface area contributed by atoms with E-state index in [1.165, 1.54) is 30.3 Å². The van der Waals surface area contributed by atoms with Gasteiger partial charge in [0.1, 0.15) is 17.3 Å². The van der Waals surface area contributed by atoms with Crippen molar-refractivity contribution >= 4 is 29.2 Å². The average molecular weight is 301 g/mol. The minimum atomic E-state index is -1.13. The van der Waals surface area contributed by atoms with Gasteiger partial charge in [-0.2, -0.15) is 0 Å². The van der Waals surface area contributed by atoms with Gasteiger partial charge >= 0.3 is 5.97 Å². The molecule has 0 aliphatic carbocycles. The zero-order valence-corrected chi connectivity index (χ0v) is 10.9. The highest BCUT2D eigenvalue weighted by atomic mass is 35.5. The Morgan fingerprint density at radius 3 is 2.42 bits per heavy atom. The summed E-state index contributed by atoms with van der Waals surface area (Å²) in [5.74, 6) is -1.04. The molecule has 0 bridgehead atoms. The third-order valence-electron chi connectivity index (χ3n) is 2.29. The minimum Gasteiger partial charge on any atom is -0.478 e. The number of hydrogen-bond donors (Lipinski definition) is 1. The van der Waals surface area contributed by atoms with Gasteiger partial charge in [0.15, 0.2) is 0 Å². The van der Waals surface area contributed by atoms with Gasteiger partial charge in [-0.05, 0) is 30.3 Å². The minimum absolute atomic E-state index is 0.0285. The Hall–Kier alpha value is -1.78. The molecule has 0 saturated carbocycles. The fourth-order valence-corrected chi connectivity index (χ4v) is 1.87. The number of carboxylic acid groups (broad SMARTS) is 1. The molecule has 0 aliphatic heterocycles. The lowest BCUT2D eigenvalue weighted by Crippen LogP contribution is -1.97. The van der Waals surface area contributed by atoms with Crippen LogP contribution in [0.25, 0.3) is 0 Å². The van der Waals surface area contributed by atoms with Crippen molar-refractivity contribution < 1.29 is 19.0 Å². The van der Waals surface area contributed by atoms with Crippen LogP contribution in [0, 0.1) is 5.82 Å². The predicted octanol–water partition coefficient (Wildman–Crippen LogP) is 4.62. The molecule has 2 aromatic rings. The van der Waals surface area contributed by atoms with Crippen LogP contribution in [-0.2, 0) is 0 Å². The van der Waals surface area contributed by atoms with E-state index in [0.29, 0.717) is 5.75 Å². The summed E-state index contributed by atoms with van der Waals surface area (Å²) in [6.45, 7) is 0. The van der Waals surface area contributed by atoms with Crippen LogP contribution < -0.4 is 4.74 Å². The molecule has 0 unspecified atom stereocenters. The lowest BCUT2D eigenvalue weighted by molar-refractivity contribution is 0.0697. The lowest BCUT2D eigenvalue weighted by Gasteiger charge is -2.08. The zero-order valence-electron chi connectivity index (χ0n) is 9.36.